The second kappa shape index (κ2) is 11.8. The van der Waals surface area contributed by atoms with Crippen molar-refractivity contribution >= 4 is 15.9 Å². The Kier molecular flexibility index (Phi) is 8.38. The average molecular weight is 605 g/mol. The van der Waals surface area contributed by atoms with Crippen molar-refractivity contribution in [1.82, 2.24) is 9.21 Å². The fourth-order valence-electron chi connectivity index (χ4n) is 5.40. The van der Waals surface area contributed by atoms with Gasteiger partial charge in [-0.15, -0.1) is 0 Å². The molecule has 1 saturated heterocycles. The van der Waals surface area contributed by atoms with E-state index in [1.54, 1.807) is 11.0 Å². The third-order valence-corrected chi connectivity index (χ3v) is 9.55. The first kappa shape index (κ1) is 29.7. The van der Waals surface area contributed by atoms with E-state index >= 15 is 0 Å². The van der Waals surface area contributed by atoms with E-state index in [0.29, 0.717) is 43.1 Å². The average Bonchev–Trinajstić information content (AvgIpc) is 3.55. The molecular formula is C30H31F3N2O6S. The molecule has 0 bridgehead atoms. The van der Waals surface area contributed by atoms with Crippen molar-refractivity contribution in [2.75, 3.05) is 40.5 Å². The van der Waals surface area contributed by atoms with Gasteiger partial charge in [0.05, 0.1) is 30.7 Å². The highest BCUT2D eigenvalue weighted by atomic mass is 32.2. The second-order valence-corrected chi connectivity index (χ2v) is 12.1. The number of methoxy groups -OCH3 is 2. The zero-order chi connectivity index (χ0) is 30.1. The van der Waals surface area contributed by atoms with Crippen LogP contribution >= 0.6 is 0 Å². The molecule has 0 radical (unpaired) electrons. The number of benzene rings is 3. The Morgan fingerprint density at radius 2 is 1.60 bits per heavy atom. The van der Waals surface area contributed by atoms with Gasteiger partial charge in [-0.05, 0) is 85.0 Å². The summed E-state index contributed by atoms with van der Waals surface area (Å²) >= 11 is 0. The molecular weight excluding hydrogens is 573 g/mol. The summed E-state index contributed by atoms with van der Waals surface area (Å²) in [5, 5.41) is 0. The zero-order valence-corrected chi connectivity index (χ0v) is 24.0. The minimum Gasteiger partial charge on any atom is -0.493 e. The first-order valence-electron chi connectivity index (χ1n) is 13.5. The van der Waals surface area contributed by atoms with E-state index in [0.717, 1.165) is 30.5 Å². The number of carbonyl (C=O) groups is 1. The van der Waals surface area contributed by atoms with Gasteiger partial charge < -0.3 is 19.1 Å². The molecule has 2 aliphatic rings. The molecule has 224 valence electrons. The third kappa shape index (κ3) is 5.91. The summed E-state index contributed by atoms with van der Waals surface area (Å²) in [5.74, 6) is 0.606. The van der Waals surface area contributed by atoms with Gasteiger partial charge >= 0.3 is 6.18 Å². The Morgan fingerprint density at radius 3 is 2.24 bits per heavy atom. The van der Waals surface area contributed by atoms with Crippen molar-refractivity contribution in [2.24, 2.45) is 0 Å². The highest BCUT2D eigenvalue weighted by Gasteiger charge is 2.35. The van der Waals surface area contributed by atoms with Crippen molar-refractivity contribution in [3.05, 3.63) is 82.9 Å². The molecule has 0 aliphatic carbocycles. The number of halogens is 3. The number of hydrogen-bond donors (Lipinski definition) is 0. The van der Waals surface area contributed by atoms with Crippen molar-refractivity contribution < 1.29 is 40.6 Å². The van der Waals surface area contributed by atoms with Crippen LogP contribution in [-0.4, -0.2) is 64.0 Å². The Labute approximate surface area is 242 Å². The molecule has 3 aromatic carbocycles. The van der Waals surface area contributed by atoms with Crippen LogP contribution in [0, 0.1) is 0 Å². The topological polar surface area (TPSA) is 85.4 Å². The number of alkyl halides is 3. The van der Waals surface area contributed by atoms with Crippen molar-refractivity contribution in [2.45, 2.75) is 36.4 Å². The van der Waals surface area contributed by atoms with E-state index in [1.807, 2.05) is 6.07 Å². The molecule has 12 heteroatoms. The van der Waals surface area contributed by atoms with Crippen molar-refractivity contribution in [3.63, 3.8) is 0 Å². The van der Waals surface area contributed by atoms with Gasteiger partial charge in [0.1, 0.15) is 12.4 Å². The zero-order valence-electron chi connectivity index (χ0n) is 23.2. The van der Waals surface area contributed by atoms with Gasteiger partial charge in [-0.1, -0.05) is 6.07 Å². The lowest BCUT2D eigenvalue weighted by Gasteiger charge is -2.37. The van der Waals surface area contributed by atoms with Crippen molar-refractivity contribution in [3.8, 4) is 17.2 Å². The van der Waals surface area contributed by atoms with Gasteiger partial charge in [-0.25, -0.2) is 8.42 Å². The smallest absolute Gasteiger partial charge is 0.416 e. The number of rotatable bonds is 8. The minimum absolute atomic E-state index is 0.0151. The largest absolute Gasteiger partial charge is 0.493 e. The van der Waals surface area contributed by atoms with E-state index in [-0.39, 0.29) is 28.7 Å². The molecule has 0 N–H and O–H groups in total. The fourth-order valence-corrected chi connectivity index (χ4v) is 6.92. The summed E-state index contributed by atoms with van der Waals surface area (Å²) in [6.07, 6.45) is -2.42. The van der Waals surface area contributed by atoms with E-state index in [2.05, 4.69) is 0 Å². The predicted octanol–water partition coefficient (Wildman–Crippen LogP) is 5.33. The van der Waals surface area contributed by atoms with E-state index < -0.39 is 27.8 Å². The fraction of sp³-hybridized carbons (Fsp3) is 0.367. The monoisotopic (exact) mass is 604 g/mol. The van der Waals surface area contributed by atoms with Crippen LogP contribution in [0.25, 0.3) is 0 Å². The maximum absolute atomic E-state index is 13.8. The van der Waals surface area contributed by atoms with Crippen LogP contribution in [0.15, 0.2) is 65.6 Å². The van der Waals surface area contributed by atoms with Crippen LogP contribution in [0.4, 0.5) is 13.2 Å². The minimum atomic E-state index is -4.53. The number of nitrogens with zero attached hydrogens (tertiary/aromatic N) is 2. The van der Waals surface area contributed by atoms with Gasteiger partial charge in [-0.2, -0.15) is 17.5 Å². The maximum Gasteiger partial charge on any atom is 0.416 e. The Hall–Kier alpha value is -3.77. The molecule has 3 aromatic rings. The van der Waals surface area contributed by atoms with Crippen LogP contribution < -0.4 is 14.2 Å². The SMILES string of the molecule is COc1cc2c(cc1OC)[C@H](COc1cccc(C(F)(F)F)c1)N(C(=O)c1ccc(S(=O)(=O)N3CCCC3)cc1)CC2. The molecule has 8 nitrogen and oxygen atoms in total. The number of fused-ring (bicyclic) bond motifs is 1. The van der Waals surface area contributed by atoms with Gasteiger partial charge in [0.25, 0.3) is 5.91 Å². The van der Waals surface area contributed by atoms with Crippen LogP contribution in [0.3, 0.4) is 0 Å². The first-order valence-corrected chi connectivity index (χ1v) is 14.9. The lowest BCUT2D eigenvalue weighted by molar-refractivity contribution is -0.137. The summed E-state index contributed by atoms with van der Waals surface area (Å²) in [6, 6.07) is 13.3. The number of amides is 1. The number of ether oxygens (including phenoxy) is 3. The molecule has 1 fully saturated rings. The summed E-state index contributed by atoms with van der Waals surface area (Å²) in [6.45, 7) is 1.11. The number of hydrogen-bond acceptors (Lipinski definition) is 6. The second-order valence-electron chi connectivity index (χ2n) is 10.1. The quantitative estimate of drug-likeness (QED) is 0.346. The van der Waals surface area contributed by atoms with E-state index in [1.165, 1.54) is 54.9 Å². The molecule has 42 heavy (non-hydrogen) atoms. The summed E-state index contributed by atoms with van der Waals surface area (Å²) < 4.78 is 84.0. The normalized spacial score (nSPS) is 17.5. The third-order valence-electron chi connectivity index (χ3n) is 7.64. The lowest BCUT2D eigenvalue weighted by atomic mass is 9.91. The van der Waals surface area contributed by atoms with E-state index in [4.69, 9.17) is 14.2 Å². The van der Waals surface area contributed by atoms with Gasteiger partial charge in [0.2, 0.25) is 10.0 Å². The Morgan fingerprint density at radius 1 is 0.929 bits per heavy atom. The number of sulfonamides is 1. The van der Waals surface area contributed by atoms with E-state index in [9.17, 15) is 26.4 Å². The molecule has 1 amide bonds. The van der Waals surface area contributed by atoms with Crippen molar-refractivity contribution in [1.29, 1.82) is 0 Å². The highest BCUT2D eigenvalue weighted by Crippen LogP contribution is 2.39. The van der Waals surface area contributed by atoms with Crippen LogP contribution in [0.5, 0.6) is 17.2 Å². The molecule has 0 spiro atoms. The van der Waals surface area contributed by atoms with Crippen LogP contribution in [0.2, 0.25) is 0 Å². The van der Waals surface area contributed by atoms with Crippen LogP contribution in [-0.2, 0) is 22.6 Å². The number of carbonyl (C=O) groups excluding carboxylic acids is 1. The standard InChI is InChI=1S/C30H31F3N2O6S/c1-39-27-16-21-12-15-35(29(36)20-8-10-24(11-9-20)42(37,38)34-13-3-4-14-34)26(25(21)18-28(27)40-2)19-41-23-7-5-6-22(17-23)30(31,32)33/h5-11,16-18,26H,3-4,12-15,19H2,1-2H3/t26-/m0/s1. The lowest BCUT2D eigenvalue weighted by Crippen LogP contribution is -2.42. The van der Waals surface area contributed by atoms with Gasteiger partial charge in [0, 0.05) is 25.2 Å². The maximum atomic E-state index is 13.8. The van der Waals surface area contributed by atoms with Gasteiger partial charge in [0.15, 0.2) is 11.5 Å². The molecule has 5 rings (SSSR count). The summed E-state index contributed by atoms with van der Waals surface area (Å²) in [7, 11) is -0.635. The predicted molar refractivity (Wildman–Crippen MR) is 148 cm³/mol. The first-order chi connectivity index (χ1) is 20.0. The van der Waals surface area contributed by atoms with Crippen LogP contribution in [0.1, 0.15) is 45.9 Å². The Bertz CT molecular complexity index is 1550. The summed E-state index contributed by atoms with van der Waals surface area (Å²) in [4.78, 5) is 15.5. The van der Waals surface area contributed by atoms with Gasteiger partial charge in [-0.3, -0.25) is 4.79 Å². The molecule has 0 unspecified atom stereocenters. The Balaban J connectivity index is 1.45. The highest BCUT2D eigenvalue weighted by molar-refractivity contribution is 7.89. The molecule has 0 aromatic heterocycles. The molecule has 0 saturated carbocycles. The summed E-state index contributed by atoms with van der Waals surface area (Å²) in [5.41, 5.74) is 1.05. The molecule has 2 aliphatic heterocycles. The molecule has 2 heterocycles. The molecule has 1 atom stereocenters.